The van der Waals surface area contributed by atoms with E-state index in [9.17, 15) is 9.59 Å². The Kier molecular flexibility index (Phi) is 3.20. The average molecular weight is 211 g/mol. The molecule has 0 bridgehead atoms. The molecule has 2 N–H and O–H groups in total. The highest BCUT2D eigenvalue weighted by Crippen LogP contribution is 2.13. The van der Waals surface area contributed by atoms with Crippen LogP contribution in [0, 0.1) is 0 Å². The second kappa shape index (κ2) is 4.61. The summed E-state index contributed by atoms with van der Waals surface area (Å²) in [5.74, 6) is -0.787. The first-order chi connectivity index (χ1) is 7.29. The second-order valence-electron chi connectivity index (χ2n) is 4.09. The number of nitrogens with one attached hydrogen (secondary N) is 2. The van der Waals surface area contributed by atoms with Gasteiger partial charge in [-0.15, -0.1) is 0 Å². The third-order valence-electron chi connectivity index (χ3n) is 3.07. The highest BCUT2D eigenvalue weighted by atomic mass is 16.2. The SMILES string of the molecule is O=C1NCCCN(C2CCNCC2)C1=O. The molecule has 2 amide bonds. The zero-order valence-electron chi connectivity index (χ0n) is 8.79. The molecule has 0 radical (unpaired) electrons. The number of amides is 2. The number of carbonyl (C=O) groups is 2. The van der Waals surface area contributed by atoms with Gasteiger partial charge in [0.1, 0.15) is 0 Å². The molecule has 5 nitrogen and oxygen atoms in total. The van der Waals surface area contributed by atoms with Crippen molar-refractivity contribution in [3.63, 3.8) is 0 Å². The van der Waals surface area contributed by atoms with Crippen LogP contribution in [0.3, 0.4) is 0 Å². The fourth-order valence-corrected chi connectivity index (χ4v) is 2.23. The topological polar surface area (TPSA) is 61.4 Å². The summed E-state index contributed by atoms with van der Waals surface area (Å²) in [6, 6.07) is 0.252. The molecule has 2 rings (SSSR count). The second-order valence-corrected chi connectivity index (χ2v) is 4.09. The predicted octanol–water partition coefficient (Wildman–Crippen LogP) is -0.913. The molecule has 0 atom stereocenters. The van der Waals surface area contributed by atoms with Crippen LogP contribution in [-0.2, 0) is 9.59 Å². The van der Waals surface area contributed by atoms with E-state index in [2.05, 4.69) is 10.6 Å². The standard InChI is InChI=1S/C10H17N3O2/c14-9-10(15)13(7-1-4-12-9)8-2-5-11-6-3-8/h8,11H,1-7H2,(H,12,14). The molecule has 2 saturated heterocycles. The third kappa shape index (κ3) is 2.28. The Labute approximate surface area is 89.2 Å². The lowest BCUT2D eigenvalue weighted by Gasteiger charge is -2.33. The minimum Gasteiger partial charge on any atom is -0.348 e. The van der Waals surface area contributed by atoms with Crippen molar-refractivity contribution in [2.24, 2.45) is 0 Å². The number of piperidine rings is 1. The largest absolute Gasteiger partial charge is 0.348 e. The quantitative estimate of drug-likeness (QED) is 0.552. The van der Waals surface area contributed by atoms with Crippen molar-refractivity contribution in [2.45, 2.75) is 25.3 Å². The fourth-order valence-electron chi connectivity index (χ4n) is 2.23. The van der Waals surface area contributed by atoms with Crippen molar-refractivity contribution in [2.75, 3.05) is 26.2 Å². The van der Waals surface area contributed by atoms with Gasteiger partial charge in [0.25, 0.3) is 0 Å². The summed E-state index contributed by atoms with van der Waals surface area (Å²) in [5, 5.41) is 5.87. The van der Waals surface area contributed by atoms with Crippen LogP contribution in [0.2, 0.25) is 0 Å². The minimum absolute atomic E-state index is 0.252. The average Bonchev–Trinajstić information content (AvgIpc) is 2.44. The molecule has 0 aromatic rings. The van der Waals surface area contributed by atoms with Crippen LogP contribution in [0.1, 0.15) is 19.3 Å². The maximum Gasteiger partial charge on any atom is 0.312 e. The molecule has 84 valence electrons. The molecule has 2 fully saturated rings. The van der Waals surface area contributed by atoms with Gasteiger partial charge in [0.2, 0.25) is 0 Å². The van der Waals surface area contributed by atoms with Crippen molar-refractivity contribution in [3.8, 4) is 0 Å². The summed E-state index contributed by atoms with van der Waals surface area (Å²) in [7, 11) is 0. The molecule has 5 heteroatoms. The Bertz CT molecular complexity index is 261. The van der Waals surface area contributed by atoms with Crippen molar-refractivity contribution in [1.82, 2.24) is 15.5 Å². The van der Waals surface area contributed by atoms with E-state index >= 15 is 0 Å². The van der Waals surface area contributed by atoms with E-state index in [1.807, 2.05) is 0 Å². The number of rotatable bonds is 1. The Balaban J connectivity index is 2.04. The Morgan fingerprint density at radius 2 is 1.87 bits per heavy atom. The van der Waals surface area contributed by atoms with E-state index in [1.54, 1.807) is 4.90 Å². The highest BCUT2D eigenvalue weighted by Gasteiger charge is 2.30. The maximum atomic E-state index is 11.7. The van der Waals surface area contributed by atoms with Crippen molar-refractivity contribution in [3.05, 3.63) is 0 Å². The van der Waals surface area contributed by atoms with Gasteiger partial charge in [-0.2, -0.15) is 0 Å². The van der Waals surface area contributed by atoms with Gasteiger partial charge in [-0.1, -0.05) is 0 Å². The van der Waals surface area contributed by atoms with Crippen LogP contribution in [0.4, 0.5) is 0 Å². The monoisotopic (exact) mass is 211 g/mol. The van der Waals surface area contributed by atoms with Crippen LogP contribution in [0.15, 0.2) is 0 Å². The Morgan fingerprint density at radius 3 is 2.60 bits per heavy atom. The van der Waals surface area contributed by atoms with Gasteiger partial charge in [0, 0.05) is 19.1 Å². The zero-order chi connectivity index (χ0) is 10.7. The van der Waals surface area contributed by atoms with Gasteiger partial charge in [-0.05, 0) is 32.4 Å². The molecule has 0 aliphatic carbocycles. The molecule has 2 heterocycles. The van der Waals surface area contributed by atoms with Crippen LogP contribution in [-0.4, -0.2) is 48.9 Å². The van der Waals surface area contributed by atoms with Gasteiger partial charge in [-0.25, -0.2) is 0 Å². The van der Waals surface area contributed by atoms with E-state index in [1.165, 1.54) is 0 Å². The molecule has 0 spiro atoms. The van der Waals surface area contributed by atoms with Gasteiger partial charge >= 0.3 is 11.8 Å². The van der Waals surface area contributed by atoms with Gasteiger partial charge in [-0.3, -0.25) is 9.59 Å². The fraction of sp³-hybridized carbons (Fsp3) is 0.800. The summed E-state index contributed by atoms with van der Waals surface area (Å²) < 4.78 is 0. The normalized spacial score (nSPS) is 24.9. The van der Waals surface area contributed by atoms with E-state index in [0.29, 0.717) is 13.1 Å². The predicted molar refractivity (Wildman–Crippen MR) is 55.2 cm³/mol. The number of hydrogen-bond donors (Lipinski definition) is 2. The summed E-state index contributed by atoms with van der Waals surface area (Å²) in [5.41, 5.74) is 0. The lowest BCUT2D eigenvalue weighted by atomic mass is 10.0. The van der Waals surface area contributed by atoms with Crippen LogP contribution < -0.4 is 10.6 Å². The first kappa shape index (κ1) is 10.4. The van der Waals surface area contributed by atoms with E-state index < -0.39 is 5.91 Å². The molecule has 2 aliphatic rings. The summed E-state index contributed by atoms with van der Waals surface area (Å²) in [4.78, 5) is 24.8. The van der Waals surface area contributed by atoms with Crippen LogP contribution >= 0.6 is 0 Å². The number of hydrogen-bond acceptors (Lipinski definition) is 3. The lowest BCUT2D eigenvalue weighted by Crippen LogP contribution is -2.49. The first-order valence-corrected chi connectivity index (χ1v) is 5.58. The zero-order valence-corrected chi connectivity index (χ0v) is 8.79. The smallest absolute Gasteiger partial charge is 0.312 e. The molecule has 0 aromatic carbocycles. The minimum atomic E-state index is -0.439. The van der Waals surface area contributed by atoms with Crippen molar-refractivity contribution >= 4 is 11.8 Å². The van der Waals surface area contributed by atoms with Crippen LogP contribution in [0.5, 0.6) is 0 Å². The van der Waals surface area contributed by atoms with Crippen LogP contribution in [0.25, 0.3) is 0 Å². The Morgan fingerprint density at radius 1 is 1.13 bits per heavy atom. The van der Waals surface area contributed by atoms with Crippen molar-refractivity contribution < 1.29 is 9.59 Å². The van der Waals surface area contributed by atoms with E-state index in [4.69, 9.17) is 0 Å². The van der Waals surface area contributed by atoms with Gasteiger partial charge < -0.3 is 15.5 Å². The lowest BCUT2D eigenvalue weighted by molar-refractivity contribution is -0.146. The molecule has 0 aromatic heterocycles. The highest BCUT2D eigenvalue weighted by molar-refractivity contribution is 6.35. The van der Waals surface area contributed by atoms with Crippen molar-refractivity contribution in [1.29, 1.82) is 0 Å². The molecule has 2 aliphatic heterocycles. The van der Waals surface area contributed by atoms with E-state index in [-0.39, 0.29) is 11.9 Å². The molecule has 0 saturated carbocycles. The maximum absolute atomic E-state index is 11.7. The molecular weight excluding hydrogens is 194 g/mol. The first-order valence-electron chi connectivity index (χ1n) is 5.58. The molecule has 0 unspecified atom stereocenters. The van der Waals surface area contributed by atoms with E-state index in [0.717, 1.165) is 32.4 Å². The summed E-state index contributed by atoms with van der Waals surface area (Å²) in [6.07, 6.45) is 2.78. The summed E-state index contributed by atoms with van der Waals surface area (Å²) in [6.45, 7) is 3.21. The number of nitrogens with zero attached hydrogens (tertiary/aromatic N) is 1. The third-order valence-corrected chi connectivity index (χ3v) is 3.07. The number of carbonyl (C=O) groups excluding carboxylic acids is 2. The summed E-state index contributed by atoms with van der Waals surface area (Å²) >= 11 is 0. The molecule has 15 heavy (non-hydrogen) atoms. The molecular formula is C10H17N3O2. The Hall–Kier alpha value is -1.10. The van der Waals surface area contributed by atoms with Gasteiger partial charge in [0.15, 0.2) is 0 Å². The van der Waals surface area contributed by atoms with Gasteiger partial charge in [0.05, 0.1) is 0 Å².